The molecule has 0 aliphatic rings. The number of halogens is 2. The van der Waals surface area contributed by atoms with Crippen LogP contribution >= 0.6 is 0 Å². The van der Waals surface area contributed by atoms with E-state index in [4.69, 9.17) is 5.11 Å². The van der Waals surface area contributed by atoms with Crippen LogP contribution < -0.4 is 4.90 Å². The first-order chi connectivity index (χ1) is 8.38. The first-order valence-electron chi connectivity index (χ1n) is 5.20. The number of hydrogen-bond donors (Lipinski definition) is 1. The summed E-state index contributed by atoms with van der Waals surface area (Å²) in [6.07, 6.45) is -2.66. The zero-order chi connectivity index (χ0) is 13.9. The predicted octanol–water partition coefficient (Wildman–Crippen LogP) is 0.701. The van der Waals surface area contributed by atoms with Crippen molar-refractivity contribution in [2.45, 2.75) is 13.3 Å². The summed E-state index contributed by atoms with van der Waals surface area (Å²) in [6.45, 7) is 0.342. The normalized spacial score (nSPS) is 11.0. The van der Waals surface area contributed by atoms with Crippen molar-refractivity contribution in [2.75, 3.05) is 24.6 Å². The summed E-state index contributed by atoms with van der Waals surface area (Å²) in [4.78, 5) is 14.9. The number of aliphatic hydroxyl groups is 1. The lowest BCUT2D eigenvalue weighted by atomic mass is 10.4. The Morgan fingerprint density at radius 1 is 1.61 bits per heavy atom. The highest BCUT2D eigenvalue weighted by Gasteiger charge is 2.29. The first-order valence-corrected chi connectivity index (χ1v) is 5.20. The molecule has 1 heterocycles. The second-order valence-corrected chi connectivity index (χ2v) is 3.68. The molecule has 0 aromatic carbocycles. The van der Waals surface area contributed by atoms with Gasteiger partial charge in [0, 0.05) is 20.5 Å². The molecule has 0 radical (unpaired) electrons. The van der Waals surface area contributed by atoms with Crippen LogP contribution in [-0.4, -0.2) is 45.7 Å². The molecule has 0 amide bonds. The molecule has 0 spiro atoms. The quantitative estimate of drug-likeness (QED) is 0.604. The number of hydrogen-bond acceptors (Lipinski definition) is 5. The zero-order valence-electron chi connectivity index (χ0n) is 10.0. The van der Waals surface area contributed by atoms with Gasteiger partial charge >= 0.3 is 5.82 Å². The first kappa shape index (κ1) is 14.3. The lowest BCUT2D eigenvalue weighted by Gasteiger charge is -2.22. The highest BCUT2D eigenvalue weighted by Crippen LogP contribution is 2.28. The van der Waals surface area contributed by atoms with Gasteiger partial charge in [-0.05, 0) is 9.91 Å². The Kier molecular flexibility index (Phi) is 4.54. The molecule has 1 aromatic rings. The van der Waals surface area contributed by atoms with Crippen molar-refractivity contribution in [1.29, 1.82) is 0 Å². The number of nitro groups is 1. The molecule has 0 aliphatic heterocycles. The Morgan fingerprint density at radius 2 is 2.22 bits per heavy atom. The summed E-state index contributed by atoms with van der Waals surface area (Å²) in [6, 6.07) is 0. The maximum Gasteiger partial charge on any atom is 0.406 e. The largest absolute Gasteiger partial charge is 0.406 e. The minimum Gasteiger partial charge on any atom is -0.395 e. The molecule has 102 valence electrons. The summed E-state index contributed by atoms with van der Waals surface area (Å²) in [5.74, 6) is -0.162. The van der Waals surface area contributed by atoms with Crippen LogP contribution in [0.3, 0.4) is 0 Å². The van der Waals surface area contributed by atoms with Gasteiger partial charge in [0.25, 0.3) is 6.43 Å². The van der Waals surface area contributed by atoms with Crippen LogP contribution in [0.2, 0.25) is 0 Å². The van der Waals surface area contributed by atoms with Gasteiger partial charge in [-0.25, -0.2) is 8.78 Å². The highest BCUT2D eigenvalue weighted by atomic mass is 19.3. The third-order valence-corrected chi connectivity index (χ3v) is 2.47. The summed E-state index contributed by atoms with van der Waals surface area (Å²) in [5.41, 5.74) is 0. The Labute approximate surface area is 102 Å². The molecule has 0 fully saturated rings. The molecule has 1 N–H and O–H groups in total. The summed E-state index contributed by atoms with van der Waals surface area (Å²) < 4.78 is 26.2. The Bertz CT molecular complexity index is 436. The molecule has 0 unspecified atom stereocenters. The van der Waals surface area contributed by atoms with Gasteiger partial charge in [-0.15, -0.1) is 0 Å². The molecule has 0 atom stereocenters. The van der Waals surface area contributed by atoms with Crippen molar-refractivity contribution < 1.29 is 18.8 Å². The number of alkyl halides is 2. The molecular weight excluding hydrogens is 250 g/mol. The maximum absolute atomic E-state index is 12.4. The van der Waals surface area contributed by atoms with Gasteiger partial charge in [-0.2, -0.15) is 0 Å². The predicted molar refractivity (Wildman–Crippen MR) is 59.9 cm³/mol. The number of anilines is 1. The van der Waals surface area contributed by atoms with Crippen LogP contribution in [0, 0.1) is 17.0 Å². The van der Waals surface area contributed by atoms with Crippen molar-refractivity contribution in [2.24, 2.45) is 7.05 Å². The van der Waals surface area contributed by atoms with E-state index in [-0.39, 0.29) is 19.0 Å². The maximum atomic E-state index is 12.4. The SMILES string of the molecule is Cc1nc([N+](=O)[O-])c(N(CCO)CC(F)F)n1C. The van der Waals surface area contributed by atoms with E-state index in [0.29, 0.717) is 5.82 Å². The van der Waals surface area contributed by atoms with Crippen LogP contribution in [0.1, 0.15) is 5.82 Å². The molecule has 7 nitrogen and oxygen atoms in total. The molecule has 0 aliphatic carbocycles. The minimum atomic E-state index is -2.66. The molecule has 1 rings (SSSR count). The molecule has 18 heavy (non-hydrogen) atoms. The number of nitrogens with zero attached hydrogens (tertiary/aromatic N) is 4. The molecule has 1 aromatic heterocycles. The van der Waals surface area contributed by atoms with Crippen molar-refractivity contribution in [1.82, 2.24) is 9.55 Å². The Balaban J connectivity index is 3.20. The van der Waals surface area contributed by atoms with Crippen LogP contribution in [0.15, 0.2) is 0 Å². The van der Waals surface area contributed by atoms with Crippen molar-refractivity contribution in [3.8, 4) is 0 Å². The second kappa shape index (κ2) is 5.71. The number of rotatable bonds is 6. The lowest BCUT2D eigenvalue weighted by molar-refractivity contribution is -0.388. The van der Waals surface area contributed by atoms with E-state index in [1.165, 1.54) is 18.5 Å². The van der Waals surface area contributed by atoms with Crippen LogP contribution in [0.25, 0.3) is 0 Å². The van der Waals surface area contributed by atoms with Crippen molar-refractivity contribution in [3.63, 3.8) is 0 Å². The number of aromatic nitrogens is 2. The zero-order valence-corrected chi connectivity index (χ0v) is 10.0. The number of aryl methyl sites for hydroxylation is 1. The van der Waals surface area contributed by atoms with E-state index in [1.807, 2.05) is 0 Å². The molecule has 9 heteroatoms. The van der Waals surface area contributed by atoms with Crippen LogP contribution in [0.5, 0.6) is 0 Å². The van der Waals surface area contributed by atoms with Crippen molar-refractivity contribution >= 4 is 11.6 Å². The average molecular weight is 264 g/mol. The lowest BCUT2D eigenvalue weighted by Crippen LogP contribution is -2.33. The van der Waals surface area contributed by atoms with Crippen molar-refractivity contribution in [3.05, 3.63) is 15.9 Å². The van der Waals surface area contributed by atoms with E-state index in [0.717, 1.165) is 4.90 Å². The van der Waals surface area contributed by atoms with E-state index in [2.05, 4.69) is 4.98 Å². The fourth-order valence-electron chi connectivity index (χ4n) is 1.63. The third-order valence-electron chi connectivity index (χ3n) is 2.47. The summed E-state index contributed by atoms with van der Waals surface area (Å²) in [7, 11) is 1.50. The van der Waals surface area contributed by atoms with E-state index < -0.39 is 23.7 Å². The number of aliphatic hydroxyl groups excluding tert-OH is 1. The highest BCUT2D eigenvalue weighted by molar-refractivity contribution is 5.56. The van der Waals surface area contributed by atoms with Gasteiger partial charge < -0.3 is 20.1 Å². The Hall–Kier alpha value is -1.77. The fourth-order valence-corrected chi connectivity index (χ4v) is 1.63. The van der Waals surface area contributed by atoms with Gasteiger partial charge in [0.1, 0.15) is 0 Å². The van der Waals surface area contributed by atoms with Crippen LogP contribution in [-0.2, 0) is 7.05 Å². The molecular formula is C9H14F2N4O3. The van der Waals surface area contributed by atoms with E-state index >= 15 is 0 Å². The molecule has 0 bridgehead atoms. The average Bonchev–Trinajstić information content (AvgIpc) is 2.55. The van der Waals surface area contributed by atoms with Crippen LogP contribution in [0.4, 0.5) is 20.4 Å². The van der Waals surface area contributed by atoms with Gasteiger partial charge in [-0.3, -0.25) is 4.57 Å². The smallest absolute Gasteiger partial charge is 0.395 e. The Morgan fingerprint density at radius 3 is 2.67 bits per heavy atom. The third kappa shape index (κ3) is 2.92. The fraction of sp³-hybridized carbons (Fsp3) is 0.667. The topological polar surface area (TPSA) is 84.4 Å². The summed E-state index contributed by atoms with van der Waals surface area (Å²) >= 11 is 0. The van der Waals surface area contributed by atoms with Gasteiger partial charge in [0.15, 0.2) is 0 Å². The monoisotopic (exact) mass is 264 g/mol. The van der Waals surface area contributed by atoms with Gasteiger partial charge in [0.05, 0.1) is 13.2 Å². The number of imidazole rings is 1. The minimum absolute atomic E-state index is 0.0214. The van der Waals surface area contributed by atoms with E-state index in [1.54, 1.807) is 0 Å². The van der Waals surface area contributed by atoms with E-state index in [9.17, 15) is 18.9 Å². The molecule has 0 saturated carbocycles. The second-order valence-electron chi connectivity index (χ2n) is 3.68. The summed E-state index contributed by atoms with van der Waals surface area (Å²) in [5, 5.41) is 19.7. The van der Waals surface area contributed by atoms with Gasteiger partial charge in [0.2, 0.25) is 11.6 Å². The standard InChI is InChI=1S/C9H14F2N4O3/c1-6-12-8(15(17)18)9(13(6)2)14(3-4-16)5-7(10)11/h7,16H,3-5H2,1-2H3. The van der Waals surface area contributed by atoms with Gasteiger partial charge in [-0.1, -0.05) is 0 Å². The molecule has 0 saturated heterocycles.